The highest BCUT2D eigenvalue weighted by molar-refractivity contribution is 7.44. The van der Waals surface area contributed by atoms with Crippen LogP contribution in [-0.2, 0) is 9.09 Å². The molecule has 0 fully saturated rings. The predicted molar refractivity (Wildman–Crippen MR) is 126 cm³/mol. The third-order valence-electron chi connectivity index (χ3n) is 6.20. The molecule has 0 aromatic carbocycles. The first-order chi connectivity index (χ1) is 14.4. The van der Waals surface area contributed by atoms with Gasteiger partial charge in [-0.2, -0.15) is 0 Å². The van der Waals surface area contributed by atoms with Crippen molar-refractivity contribution in [3.05, 3.63) is 0 Å². The summed E-state index contributed by atoms with van der Waals surface area (Å²) < 4.78 is 16.4. The van der Waals surface area contributed by atoms with E-state index in [0.29, 0.717) is 6.54 Å². The fourth-order valence-corrected chi connectivity index (χ4v) is 4.92. The predicted octanol–water partition coefficient (Wildman–Crippen LogP) is 6.58. The topological polar surface area (TPSA) is 69.6 Å². The lowest BCUT2D eigenvalue weighted by molar-refractivity contribution is -0.928. The van der Waals surface area contributed by atoms with Gasteiger partial charge in [-0.15, -0.1) is 0 Å². The summed E-state index contributed by atoms with van der Waals surface area (Å²) in [6.07, 6.45) is 21.2. The number of hydrogen-bond donors (Lipinski definition) is 1. The van der Waals surface area contributed by atoms with Crippen LogP contribution < -0.4 is 4.89 Å². The van der Waals surface area contributed by atoms with Crippen molar-refractivity contribution in [1.82, 2.24) is 0 Å². The van der Waals surface area contributed by atoms with Gasteiger partial charge in [-0.3, -0.25) is 4.57 Å². The standard InChI is InChI=1S/C24H52NO4P/c1-4-7-8-9-10-11-12-13-14-15-16-17-18-19-22-25(20-5-2,21-6-3)23-24-29-30(26,27)28/h4-24H2,1-3H3,(H-,26,27,28). The summed E-state index contributed by atoms with van der Waals surface area (Å²) in [5, 5.41) is 0. The van der Waals surface area contributed by atoms with Crippen LogP contribution in [0.15, 0.2) is 0 Å². The second kappa shape index (κ2) is 19.7. The molecule has 0 saturated carbocycles. The summed E-state index contributed by atoms with van der Waals surface area (Å²) in [5.41, 5.74) is 0. The molecule has 5 nitrogen and oxygen atoms in total. The molecule has 1 unspecified atom stereocenters. The van der Waals surface area contributed by atoms with Gasteiger partial charge >= 0.3 is 0 Å². The van der Waals surface area contributed by atoms with Crippen LogP contribution >= 0.6 is 7.82 Å². The van der Waals surface area contributed by atoms with E-state index in [-0.39, 0.29) is 6.61 Å². The number of nitrogens with zero attached hydrogens (tertiary/aromatic N) is 1. The van der Waals surface area contributed by atoms with Crippen LogP contribution in [0.4, 0.5) is 0 Å². The third kappa shape index (κ3) is 18.8. The minimum atomic E-state index is -4.61. The second-order valence-corrected chi connectivity index (χ2v) is 10.3. The maximum absolute atomic E-state index is 10.9. The van der Waals surface area contributed by atoms with E-state index in [1.807, 2.05) is 0 Å². The molecule has 0 aliphatic heterocycles. The molecule has 0 radical (unpaired) electrons. The van der Waals surface area contributed by atoms with Crippen molar-refractivity contribution in [1.29, 1.82) is 0 Å². The molecule has 0 amide bonds. The van der Waals surface area contributed by atoms with Crippen molar-refractivity contribution in [3.63, 3.8) is 0 Å². The molecule has 0 aliphatic carbocycles. The number of rotatable bonds is 23. The van der Waals surface area contributed by atoms with Gasteiger partial charge in [0.1, 0.15) is 13.2 Å². The van der Waals surface area contributed by atoms with Crippen molar-refractivity contribution in [2.24, 2.45) is 0 Å². The number of hydrogen-bond acceptors (Lipinski definition) is 3. The number of quaternary nitrogens is 1. The minimum Gasteiger partial charge on any atom is -0.756 e. The zero-order chi connectivity index (χ0) is 22.6. The lowest BCUT2D eigenvalue weighted by Crippen LogP contribution is -2.51. The Morgan fingerprint density at radius 3 is 1.40 bits per heavy atom. The van der Waals surface area contributed by atoms with Gasteiger partial charge in [0.15, 0.2) is 0 Å². The van der Waals surface area contributed by atoms with Gasteiger partial charge < -0.3 is 18.8 Å². The summed E-state index contributed by atoms with van der Waals surface area (Å²) in [7, 11) is -4.61. The lowest BCUT2D eigenvalue weighted by atomic mass is 10.0. The molecule has 182 valence electrons. The van der Waals surface area contributed by atoms with E-state index < -0.39 is 7.82 Å². The molecule has 0 bridgehead atoms. The summed E-state index contributed by atoms with van der Waals surface area (Å²) >= 11 is 0. The summed E-state index contributed by atoms with van der Waals surface area (Å²) in [5.74, 6) is 0. The first-order valence-electron chi connectivity index (χ1n) is 12.9. The van der Waals surface area contributed by atoms with Gasteiger partial charge in [0, 0.05) is 0 Å². The third-order valence-corrected chi connectivity index (χ3v) is 6.71. The van der Waals surface area contributed by atoms with E-state index in [1.165, 1.54) is 89.9 Å². The van der Waals surface area contributed by atoms with Gasteiger partial charge in [0.05, 0.1) is 19.6 Å². The molecular weight excluding hydrogens is 397 g/mol. The van der Waals surface area contributed by atoms with Crippen LogP contribution in [0, 0.1) is 0 Å². The lowest BCUT2D eigenvalue weighted by Gasteiger charge is -2.39. The highest BCUT2D eigenvalue weighted by Crippen LogP contribution is 2.30. The maximum atomic E-state index is 10.9. The Hall–Kier alpha value is 0.0700. The molecule has 0 spiro atoms. The van der Waals surface area contributed by atoms with Crippen LogP contribution in [0.3, 0.4) is 0 Å². The van der Waals surface area contributed by atoms with E-state index in [2.05, 4.69) is 25.3 Å². The van der Waals surface area contributed by atoms with Crippen molar-refractivity contribution >= 4 is 7.82 Å². The van der Waals surface area contributed by atoms with E-state index >= 15 is 0 Å². The highest BCUT2D eigenvalue weighted by Gasteiger charge is 2.25. The summed E-state index contributed by atoms with van der Waals surface area (Å²) in [6.45, 7) is 10.5. The molecule has 1 N–H and O–H groups in total. The number of phosphoric ester groups is 1. The number of unbranched alkanes of at least 4 members (excludes halogenated alkanes) is 13. The molecule has 6 heteroatoms. The monoisotopic (exact) mass is 449 g/mol. The Morgan fingerprint density at radius 1 is 0.633 bits per heavy atom. The molecule has 30 heavy (non-hydrogen) atoms. The smallest absolute Gasteiger partial charge is 0.265 e. The van der Waals surface area contributed by atoms with Crippen molar-refractivity contribution < 1.29 is 23.4 Å². The first kappa shape index (κ1) is 30.1. The van der Waals surface area contributed by atoms with Gasteiger partial charge in [-0.1, -0.05) is 97.8 Å². The molecule has 0 heterocycles. The van der Waals surface area contributed by atoms with E-state index in [0.717, 1.165) is 37.0 Å². The van der Waals surface area contributed by atoms with E-state index in [1.54, 1.807) is 0 Å². The Morgan fingerprint density at radius 2 is 1.03 bits per heavy atom. The zero-order valence-electron chi connectivity index (χ0n) is 20.4. The Labute approximate surface area is 187 Å². The Bertz CT molecular complexity index is 408. The van der Waals surface area contributed by atoms with Crippen LogP contribution in [0.25, 0.3) is 0 Å². The molecule has 0 aromatic rings. The summed E-state index contributed by atoms with van der Waals surface area (Å²) in [4.78, 5) is 19.7. The molecule has 0 rings (SSSR count). The van der Waals surface area contributed by atoms with Crippen LogP contribution in [0.2, 0.25) is 0 Å². The normalized spacial score (nSPS) is 14.2. The van der Waals surface area contributed by atoms with Crippen LogP contribution in [-0.4, -0.2) is 42.2 Å². The molecular formula is C24H52NO4P. The SMILES string of the molecule is CCCCCCCCCCCCCCCC[N+](CCC)(CCC)CCOP(=O)([O-])O. The van der Waals surface area contributed by atoms with Gasteiger partial charge in [0.2, 0.25) is 0 Å². The Balaban J connectivity index is 3.85. The van der Waals surface area contributed by atoms with E-state index in [4.69, 9.17) is 4.89 Å². The van der Waals surface area contributed by atoms with Gasteiger partial charge in [-0.05, 0) is 25.7 Å². The quantitative estimate of drug-likeness (QED) is 0.109. The number of phosphoric acid groups is 1. The average Bonchev–Trinajstić information content (AvgIpc) is 2.67. The second-order valence-electron chi connectivity index (χ2n) is 9.13. The van der Waals surface area contributed by atoms with Crippen LogP contribution in [0.1, 0.15) is 124 Å². The fourth-order valence-electron chi connectivity index (χ4n) is 4.61. The van der Waals surface area contributed by atoms with Gasteiger partial charge in [0.25, 0.3) is 7.82 Å². The largest absolute Gasteiger partial charge is 0.756 e. The molecule has 0 aliphatic rings. The van der Waals surface area contributed by atoms with Crippen molar-refractivity contribution in [2.75, 3.05) is 32.8 Å². The average molecular weight is 450 g/mol. The molecule has 1 atom stereocenters. The summed E-state index contributed by atoms with van der Waals surface area (Å²) in [6, 6.07) is 0. The van der Waals surface area contributed by atoms with Crippen LogP contribution in [0.5, 0.6) is 0 Å². The minimum absolute atomic E-state index is 0.0792. The molecule has 0 saturated heterocycles. The molecule has 0 aromatic heterocycles. The van der Waals surface area contributed by atoms with Gasteiger partial charge in [-0.25, -0.2) is 0 Å². The first-order valence-corrected chi connectivity index (χ1v) is 14.4. The highest BCUT2D eigenvalue weighted by atomic mass is 31.2. The Kier molecular flexibility index (Phi) is 19.8. The van der Waals surface area contributed by atoms with E-state index in [9.17, 15) is 9.46 Å². The van der Waals surface area contributed by atoms with Crippen molar-refractivity contribution in [2.45, 2.75) is 124 Å². The zero-order valence-corrected chi connectivity index (χ0v) is 21.3. The van der Waals surface area contributed by atoms with Crippen molar-refractivity contribution in [3.8, 4) is 0 Å². The maximum Gasteiger partial charge on any atom is 0.265 e. The fraction of sp³-hybridized carbons (Fsp3) is 1.00.